The van der Waals surface area contributed by atoms with Crippen molar-refractivity contribution in [3.05, 3.63) is 156 Å². The molecule has 59 heavy (non-hydrogen) atoms. The molecule has 3 N–H and O–H groups in total. The van der Waals surface area contributed by atoms with E-state index in [2.05, 4.69) is 47.9 Å². The molecule has 1 saturated heterocycles. The third kappa shape index (κ3) is 11.0. The van der Waals surface area contributed by atoms with Crippen molar-refractivity contribution in [3.8, 4) is 33.7 Å². The van der Waals surface area contributed by atoms with Gasteiger partial charge in [0.15, 0.2) is 12.1 Å². The Labute approximate surface area is 350 Å². The molecule has 10 heteroatoms. The van der Waals surface area contributed by atoms with Crippen molar-refractivity contribution >= 4 is 23.6 Å². The van der Waals surface area contributed by atoms with Crippen LogP contribution in [0.2, 0.25) is 0 Å². The Kier molecular flexibility index (Phi) is 14.4. The van der Waals surface area contributed by atoms with Crippen molar-refractivity contribution in [1.29, 1.82) is 0 Å². The summed E-state index contributed by atoms with van der Waals surface area (Å²) in [6.45, 7) is 4.70. The number of oxazole rings is 1. The highest BCUT2D eigenvalue weighted by molar-refractivity contribution is 7.99. The number of rotatable bonds is 17. The number of carbonyl (C=O) groups excluding carboxylic acids is 2. The fourth-order valence-corrected chi connectivity index (χ4v) is 8.30. The van der Waals surface area contributed by atoms with Crippen LogP contribution in [0.1, 0.15) is 74.2 Å². The fraction of sp³-hybridized carbons (Fsp3) is 0.286. The van der Waals surface area contributed by atoms with Gasteiger partial charge in [-0.3, -0.25) is 9.59 Å². The lowest BCUT2D eigenvalue weighted by atomic mass is 9.91. The van der Waals surface area contributed by atoms with Crippen LogP contribution in [0, 0.1) is 5.92 Å². The zero-order valence-corrected chi connectivity index (χ0v) is 34.3. The molecule has 6 aromatic rings. The maximum Gasteiger partial charge on any atom is 0.256 e. The topological polar surface area (TPSA) is 123 Å². The first-order chi connectivity index (χ1) is 28.9. The molecule has 1 aliphatic rings. The van der Waals surface area contributed by atoms with Crippen LogP contribution in [0.4, 0.5) is 0 Å². The summed E-state index contributed by atoms with van der Waals surface area (Å²) in [6, 6.07) is 44.4. The Hall–Kier alpha value is -5.52. The van der Waals surface area contributed by atoms with E-state index >= 15 is 0 Å². The smallest absolute Gasteiger partial charge is 0.256 e. The van der Waals surface area contributed by atoms with Crippen LogP contribution in [0.3, 0.4) is 0 Å². The van der Waals surface area contributed by atoms with Gasteiger partial charge in [-0.05, 0) is 40.7 Å². The van der Waals surface area contributed by atoms with Crippen LogP contribution in [0.5, 0.6) is 0 Å². The minimum atomic E-state index is -0.634. The van der Waals surface area contributed by atoms with Crippen molar-refractivity contribution in [2.75, 3.05) is 12.3 Å². The van der Waals surface area contributed by atoms with Crippen LogP contribution in [0.25, 0.3) is 33.7 Å². The molecule has 304 valence electrons. The lowest BCUT2D eigenvalue weighted by Gasteiger charge is -2.41. The van der Waals surface area contributed by atoms with E-state index in [1.165, 1.54) is 18.7 Å². The van der Waals surface area contributed by atoms with Gasteiger partial charge in [-0.1, -0.05) is 159 Å². The monoisotopic (exact) mass is 809 g/mol. The fourth-order valence-electron chi connectivity index (χ4n) is 7.31. The molecule has 1 aliphatic heterocycles. The van der Waals surface area contributed by atoms with Crippen molar-refractivity contribution in [2.45, 2.75) is 76.4 Å². The lowest BCUT2D eigenvalue weighted by molar-refractivity contribution is -0.268. The molecule has 0 saturated carbocycles. The highest BCUT2D eigenvalue weighted by atomic mass is 32.2. The van der Waals surface area contributed by atoms with Gasteiger partial charge in [0.05, 0.1) is 18.8 Å². The van der Waals surface area contributed by atoms with Gasteiger partial charge in [0.25, 0.3) is 5.22 Å². The molecule has 0 unspecified atom stereocenters. The first-order valence-corrected chi connectivity index (χ1v) is 21.3. The Morgan fingerprint density at radius 3 is 2.12 bits per heavy atom. The number of aliphatic hydroxyl groups is 1. The van der Waals surface area contributed by atoms with Crippen LogP contribution in [-0.4, -0.2) is 40.3 Å². The van der Waals surface area contributed by atoms with Crippen LogP contribution in [0.15, 0.2) is 143 Å². The van der Waals surface area contributed by atoms with Crippen molar-refractivity contribution in [3.63, 3.8) is 0 Å². The summed E-state index contributed by atoms with van der Waals surface area (Å²) >= 11 is 1.54. The average Bonchev–Trinajstić information content (AvgIpc) is 3.72. The van der Waals surface area contributed by atoms with E-state index in [0.29, 0.717) is 30.5 Å². The predicted octanol–water partition coefficient (Wildman–Crippen LogP) is 10.1. The molecule has 2 heterocycles. The van der Waals surface area contributed by atoms with Crippen LogP contribution >= 0.6 is 11.8 Å². The molecular weight excluding hydrogens is 759 g/mol. The first kappa shape index (κ1) is 41.6. The summed E-state index contributed by atoms with van der Waals surface area (Å²) in [5.74, 6) is 1.29. The predicted molar refractivity (Wildman–Crippen MR) is 232 cm³/mol. The van der Waals surface area contributed by atoms with Gasteiger partial charge >= 0.3 is 0 Å². The molecule has 0 spiro atoms. The van der Waals surface area contributed by atoms with E-state index in [4.69, 9.17) is 18.9 Å². The number of nitrogens with one attached hydrogen (secondary N) is 2. The zero-order chi connectivity index (χ0) is 41.0. The highest BCUT2D eigenvalue weighted by Gasteiger charge is 2.39. The van der Waals surface area contributed by atoms with Crippen LogP contribution < -0.4 is 10.6 Å². The second-order valence-electron chi connectivity index (χ2n) is 14.9. The number of benzene rings is 5. The van der Waals surface area contributed by atoms with Gasteiger partial charge in [-0.25, -0.2) is 4.98 Å². The molecular formula is C49H51N3O6S. The minimum Gasteiger partial charge on any atom is -0.431 e. The Morgan fingerprint density at radius 1 is 0.729 bits per heavy atom. The van der Waals surface area contributed by atoms with E-state index in [0.717, 1.165) is 75.2 Å². The normalized spacial score (nSPS) is 17.7. The number of nitrogens with zero attached hydrogens (tertiary/aromatic N) is 1. The van der Waals surface area contributed by atoms with Crippen LogP contribution in [-0.2, 0) is 32.2 Å². The summed E-state index contributed by atoms with van der Waals surface area (Å²) in [6.07, 6.45) is 1.85. The number of aliphatic hydroxyl groups excluding tert-OH is 1. The second kappa shape index (κ2) is 20.4. The van der Waals surface area contributed by atoms with Gasteiger partial charge < -0.3 is 29.6 Å². The molecule has 7 rings (SSSR count). The van der Waals surface area contributed by atoms with E-state index in [1.54, 1.807) is 0 Å². The highest BCUT2D eigenvalue weighted by Crippen LogP contribution is 2.44. The minimum absolute atomic E-state index is 0.0130. The second-order valence-corrected chi connectivity index (χ2v) is 15.8. The molecule has 1 fully saturated rings. The van der Waals surface area contributed by atoms with Crippen molar-refractivity contribution in [1.82, 2.24) is 15.6 Å². The summed E-state index contributed by atoms with van der Waals surface area (Å²) in [5, 5.41) is 16.2. The van der Waals surface area contributed by atoms with Gasteiger partial charge in [0.2, 0.25) is 11.8 Å². The number of ether oxygens (including phenoxy) is 2. The Balaban J connectivity index is 1.06. The van der Waals surface area contributed by atoms with Gasteiger partial charge in [-0.2, -0.15) is 0 Å². The quantitative estimate of drug-likeness (QED) is 0.0615. The first-order valence-electron chi connectivity index (χ1n) is 20.3. The van der Waals surface area contributed by atoms with E-state index in [-0.39, 0.29) is 36.5 Å². The zero-order valence-electron chi connectivity index (χ0n) is 33.5. The molecule has 4 atom stereocenters. The summed E-state index contributed by atoms with van der Waals surface area (Å²) in [7, 11) is 0. The number of unbranched alkanes of at least 4 members (excludes halogenated alkanes) is 2. The number of hydrogen-bond donors (Lipinski definition) is 3. The number of amides is 2. The SMILES string of the molecule is CC(=O)NCCCCCC(=O)NCc1ccccc1-c1ccc([C@H]2O[C@@H](CSc3nc(-c4ccccc4)c(-c4ccccc4)o3)[C@@H](C)[C@@H](c3ccc(CO)cc3)O2)cc1. The molecule has 0 radical (unpaired) electrons. The number of carbonyl (C=O) groups is 2. The number of hydrogen-bond acceptors (Lipinski definition) is 8. The molecule has 9 nitrogen and oxygen atoms in total. The molecule has 0 bridgehead atoms. The standard InChI is InChI=1S/C49H51N3O6S/c1-33-43(32-59-49-52-45(37-14-6-3-7-15-37)47(58-49)38-16-8-4-9-17-38)56-48(57-46(33)39-23-21-35(31-53)22-24-39)40-27-25-36(26-28-40)42-19-12-11-18-41(42)30-51-44(55)20-10-5-13-29-50-34(2)54/h3-4,6-9,11-12,14-19,21-28,33,43,46,48,53H,5,10,13,20,29-32H2,1-2H3,(H,50,54)(H,51,55)/t33-,43+,46+,48+/m1/s1. The largest absolute Gasteiger partial charge is 0.431 e. The third-order valence-corrected chi connectivity index (χ3v) is 11.5. The summed E-state index contributed by atoms with van der Waals surface area (Å²) in [4.78, 5) is 28.7. The third-order valence-electron chi connectivity index (χ3n) is 10.6. The van der Waals surface area contributed by atoms with Gasteiger partial charge in [-0.15, -0.1) is 0 Å². The molecule has 5 aromatic carbocycles. The summed E-state index contributed by atoms with van der Waals surface area (Å²) in [5.41, 5.74) is 8.60. The molecule has 1 aromatic heterocycles. The maximum atomic E-state index is 12.7. The van der Waals surface area contributed by atoms with Gasteiger partial charge in [0, 0.05) is 54.8 Å². The lowest BCUT2D eigenvalue weighted by Crippen LogP contribution is -2.38. The maximum absolute atomic E-state index is 12.7. The van der Waals surface area contributed by atoms with E-state index in [9.17, 15) is 14.7 Å². The number of thioether (sulfide) groups is 1. The average molecular weight is 810 g/mol. The van der Waals surface area contributed by atoms with E-state index in [1.807, 2.05) is 103 Å². The van der Waals surface area contributed by atoms with Gasteiger partial charge in [0.1, 0.15) is 5.69 Å². The Morgan fingerprint density at radius 2 is 1.41 bits per heavy atom. The molecule has 0 aliphatic carbocycles. The van der Waals surface area contributed by atoms with Crippen molar-refractivity contribution in [2.24, 2.45) is 5.92 Å². The van der Waals surface area contributed by atoms with Crippen molar-refractivity contribution < 1.29 is 28.6 Å². The molecule has 2 amide bonds. The Bertz CT molecular complexity index is 2210. The number of aromatic nitrogens is 1. The van der Waals surface area contributed by atoms with E-state index < -0.39 is 6.29 Å². The summed E-state index contributed by atoms with van der Waals surface area (Å²) < 4.78 is 20.0.